The summed E-state index contributed by atoms with van der Waals surface area (Å²) in [6.07, 6.45) is -1.26. The lowest BCUT2D eigenvalue weighted by atomic mass is 9.72. The summed E-state index contributed by atoms with van der Waals surface area (Å²) in [4.78, 5) is 0. The van der Waals surface area contributed by atoms with E-state index in [2.05, 4.69) is 43.0 Å². The summed E-state index contributed by atoms with van der Waals surface area (Å²) >= 11 is 0. The molecule has 0 fully saturated rings. The van der Waals surface area contributed by atoms with Crippen LogP contribution in [0.5, 0.6) is 0 Å². The molecule has 160 valence electrons. The second-order valence-electron chi connectivity index (χ2n) is 8.00. The summed E-state index contributed by atoms with van der Waals surface area (Å²) in [5.41, 5.74) is 0.362. The quantitative estimate of drug-likeness (QED) is 0.291. The largest absolute Gasteiger partial charge is 0.422 e. The van der Waals surface area contributed by atoms with Gasteiger partial charge in [-0.15, -0.1) is 0 Å². The number of alkyl halides is 3. The second-order valence-corrected chi connectivity index (χ2v) is 8.00. The molecule has 0 N–H and O–H groups in total. The van der Waals surface area contributed by atoms with E-state index in [1.54, 1.807) is 0 Å². The van der Waals surface area contributed by atoms with Crippen molar-refractivity contribution in [1.29, 1.82) is 0 Å². The third-order valence-electron chi connectivity index (χ3n) is 6.01. The third-order valence-corrected chi connectivity index (χ3v) is 6.01. The van der Waals surface area contributed by atoms with Crippen LogP contribution < -0.4 is 0 Å². The van der Waals surface area contributed by atoms with E-state index in [-0.39, 0.29) is 17.4 Å². The summed E-state index contributed by atoms with van der Waals surface area (Å²) < 4.78 is 66.4. The molecule has 5 heteroatoms. The summed E-state index contributed by atoms with van der Waals surface area (Å²) in [7, 11) is 0. The number of rotatable bonds is 2. The maximum atomic E-state index is 14.0. The molecule has 2 atom stereocenters. The van der Waals surface area contributed by atoms with Crippen LogP contribution in [0.1, 0.15) is 54.4 Å². The molecule has 1 aliphatic carbocycles. The molecule has 1 aliphatic rings. The molecule has 0 nitrogen and oxygen atoms in total. The van der Waals surface area contributed by atoms with Gasteiger partial charge < -0.3 is 0 Å². The highest BCUT2D eigenvalue weighted by atomic mass is 19.4. The molecule has 0 radical (unpaired) electrons. The number of fused-ring (bicyclic) bond motifs is 3. The number of halogens is 5. The average molecular weight is 428 g/mol. The van der Waals surface area contributed by atoms with E-state index in [1.807, 2.05) is 12.1 Å². The van der Waals surface area contributed by atoms with E-state index in [0.717, 1.165) is 36.6 Å². The highest BCUT2D eigenvalue weighted by Crippen LogP contribution is 2.41. The first-order chi connectivity index (χ1) is 14.8. The van der Waals surface area contributed by atoms with Gasteiger partial charge in [0, 0.05) is 11.5 Å². The molecule has 0 saturated heterocycles. The molecule has 0 saturated carbocycles. The minimum absolute atomic E-state index is 0.0915. The van der Waals surface area contributed by atoms with Gasteiger partial charge >= 0.3 is 6.18 Å². The number of hydrogen-bond acceptors (Lipinski definition) is 0. The van der Waals surface area contributed by atoms with Crippen LogP contribution in [0, 0.1) is 29.4 Å². The third kappa shape index (κ3) is 4.17. The maximum Gasteiger partial charge on any atom is 0.422 e. The van der Waals surface area contributed by atoms with Crippen molar-refractivity contribution in [3.8, 4) is 11.8 Å². The molecular formula is C26H21F5. The molecule has 0 aliphatic heterocycles. The fourth-order valence-electron chi connectivity index (χ4n) is 4.63. The Balaban J connectivity index is 1.78. The van der Waals surface area contributed by atoms with Crippen LogP contribution in [0.2, 0.25) is 0 Å². The number of benzene rings is 3. The van der Waals surface area contributed by atoms with Crippen LogP contribution in [0.4, 0.5) is 22.0 Å². The van der Waals surface area contributed by atoms with Gasteiger partial charge in [-0.2, -0.15) is 13.2 Å². The highest BCUT2D eigenvalue weighted by molar-refractivity contribution is 5.87. The Kier molecular flexibility index (Phi) is 5.75. The molecule has 0 heterocycles. The SMILES string of the molecule is CCCC1CCc2c(ccc3ccccc23)C1C#Cc1cc(F)c(C(F)(F)F)c(F)c1. The number of aryl methyl sites for hydroxylation is 1. The summed E-state index contributed by atoms with van der Waals surface area (Å²) in [6, 6.07) is 13.6. The Morgan fingerprint density at radius 2 is 1.71 bits per heavy atom. The lowest BCUT2D eigenvalue weighted by molar-refractivity contribution is -0.142. The van der Waals surface area contributed by atoms with E-state index in [0.29, 0.717) is 12.1 Å². The number of hydrogen-bond donors (Lipinski definition) is 0. The van der Waals surface area contributed by atoms with Crippen molar-refractivity contribution in [2.45, 2.75) is 44.7 Å². The van der Waals surface area contributed by atoms with E-state index in [9.17, 15) is 22.0 Å². The van der Waals surface area contributed by atoms with Gasteiger partial charge in [0.2, 0.25) is 0 Å². The smallest absolute Gasteiger partial charge is 0.206 e. The van der Waals surface area contributed by atoms with Gasteiger partial charge in [-0.05, 0) is 59.2 Å². The standard InChI is InChI=1S/C26H21F5/c1-2-5-17-9-12-21-19-7-4-3-6-18(19)10-13-22(21)20(17)11-8-16-14-23(27)25(24(28)15-16)26(29,30)31/h3-4,6-7,10,13-15,17,20H,2,5,9,12H2,1H3. The van der Waals surface area contributed by atoms with E-state index in [4.69, 9.17) is 0 Å². The monoisotopic (exact) mass is 428 g/mol. The Hall–Kier alpha value is -2.87. The molecule has 0 amide bonds. The fourth-order valence-corrected chi connectivity index (χ4v) is 4.63. The van der Waals surface area contributed by atoms with Gasteiger partial charge in [-0.1, -0.05) is 61.6 Å². The van der Waals surface area contributed by atoms with Crippen LogP contribution in [-0.2, 0) is 12.6 Å². The minimum atomic E-state index is -5.09. The molecule has 0 spiro atoms. The van der Waals surface area contributed by atoms with Gasteiger partial charge in [-0.25, -0.2) is 8.78 Å². The minimum Gasteiger partial charge on any atom is -0.206 e. The van der Waals surface area contributed by atoms with Crippen LogP contribution in [0.3, 0.4) is 0 Å². The van der Waals surface area contributed by atoms with Crippen molar-refractivity contribution in [1.82, 2.24) is 0 Å². The van der Waals surface area contributed by atoms with Gasteiger partial charge in [0.1, 0.15) is 17.2 Å². The Labute approximate surface area is 178 Å². The Morgan fingerprint density at radius 3 is 2.39 bits per heavy atom. The van der Waals surface area contributed by atoms with E-state index < -0.39 is 23.4 Å². The highest BCUT2D eigenvalue weighted by Gasteiger charge is 2.38. The molecule has 3 aromatic rings. The fraction of sp³-hybridized carbons (Fsp3) is 0.308. The van der Waals surface area contributed by atoms with Crippen molar-refractivity contribution in [2.24, 2.45) is 5.92 Å². The summed E-state index contributed by atoms with van der Waals surface area (Å²) in [6.45, 7) is 2.10. The first-order valence-electron chi connectivity index (χ1n) is 10.4. The van der Waals surface area contributed by atoms with Crippen LogP contribution in [0.15, 0.2) is 48.5 Å². The lowest BCUT2D eigenvalue weighted by Gasteiger charge is -2.31. The molecule has 3 aromatic carbocycles. The van der Waals surface area contributed by atoms with Gasteiger partial charge in [0.05, 0.1) is 0 Å². The lowest BCUT2D eigenvalue weighted by Crippen LogP contribution is -2.20. The van der Waals surface area contributed by atoms with Crippen LogP contribution in [0.25, 0.3) is 10.8 Å². The molecule has 0 bridgehead atoms. The van der Waals surface area contributed by atoms with Crippen molar-refractivity contribution >= 4 is 10.8 Å². The zero-order valence-corrected chi connectivity index (χ0v) is 17.0. The van der Waals surface area contributed by atoms with Crippen molar-refractivity contribution in [3.05, 3.63) is 82.4 Å². The van der Waals surface area contributed by atoms with Crippen LogP contribution >= 0.6 is 0 Å². The first-order valence-corrected chi connectivity index (χ1v) is 10.4. The predicted molar refractivity (Wildman–Crippen MR) is 112 cm³/mol. The van der Waals surface area contributed by atoms with Crippen molar-refractivity contribution in [2.75, 3.05) is 0 Å². The normalized spacial score (nSPS) is 18.4. The topological polar surface area (TPSA) is 0 Å². The van der Waals surface area contributed by atoms with Gasteiger partial charge in [0.15, 0.2) is 0 Å². The van der Waals surface area contributed by atoms with Crippen LogP contribution in [-0.4, -0.2) is 0 Å². The first kappa shape index (κ1) is 21.4. The molecule has 4 rings (SSSR count). The Bertz CT molecular complexity index is 1160. The zero-order chi connectivity index (χ0) is 22.2. The maximum absolute atomic E-state index is 14.0. The molecular weight excluding hydrogens is 407 g/mol. The molecule has 0 aromatic heterocycles. The zero-order valence-electron chi connectivity index (χ0n) is 17.0. The Morgan fingerprint density at radius 1 is 1.00 bits per heavy atom. The second kappa shape index (κ2) is 8.34. The van der Waals surface area contributed by atoms with Gasteiger partial charge in [-0.3, -0.25) is 0 Å². The molecule has 31 heavy (non-hydrogen) atoms. The van der Waals surface area contributed by atoms with Crippen molar-refractivity contribution < 1.29 is 22.0 Å². The van der Waals surface area contributed by atoms with E-state index in [1.165, 1.54) is 10.9 Å². The summed E-state index contributed by atoms with van der Waals surface area (Å²) in [5, 5.41) is 2.32. The van der Waals surface area contributed by atoms with Crippen molar-refractivity contribution in [3.63, 3.8) is 0 Å². The van der Waals surface area contributed by atoms with E-state index >= 15 is 0 Å². The average Bonchev–Trinajstić information content (AvgIpc) is 2.71. The molecule has 2 unspecified atom stereocenters. The van der Waals surface area contributed by atoms with Gasteiger partial charge in [0.25, 0.3) is 0 Å². The predicted octanol–water partition coefficient (Wildman–Crippen LogP) is 7.63. The summed E-state index contributed by atoms with van der Waals surface area (Å²) in [5.74, 6) is 2.76.